The average molecular weight is 256 g/mol. The van der Waals surface area contributed by atoms with Gasteiger partial charge in [-0.3, -0.25) is 5.32 Å². The van der Waals surface area contributed by atoms with E-state index in [4.69, 9.17) is 0 Å². The highest BCUT2D eigenvalue weighted by Gasteiger charge is 2.27. The van der Waals surface area contributed by atoms with Crippen LogP contribution in [0, 0.1) is 0 Å². The number of pyridine rings is 1. The lowest BCUT2D eigenvalue weighted by Crippen LogP contribution is -2.29. The van der Waals surface area contributed by atoms with E-state index in [1.54, 1.807) is 22.6 Å². The van der Waals surface area contributed by atoms with E-state index in [1.165, 1.54) is 0 Å². The number of aromatic nitrogens is 1. The number of anilines is 1. The number of aromatic amines is 1. The van der Waals surface area contributed by atoms with Crippen LogP contribution in [0.3, 0.4) is 0 Å². The van der Waals surface area contributed by atoms with Gasteiger partial charge in [-0.15, -0.1) is 0 Å². The topological polar surface area (TPSA) is 63.6 Å². The molecule has 1 fully saturated rings. The molecular weight excluding hydrogens is 238 g/mol. The van der Waals surface area contributed by atoms with Crippen molar-refractivity contribution in [1.82, 2.24) is 4.31 Å². The molecule has 0 bridgehead atoms. The predicted molar refractivity (Wildman–Crippen MR) is 65.2 cm³/mol. The zero-order chi connectivity index (χ0) is 12.3. The number of hydrogen-bond donors (Lipinski definition) is 1. The average Bonchev–Trinajstić information content (AvgIpc) is 2.84. The van der Waals surface area contributed by atoms with Gasteiger partial charge < -0.3 is 0 Å². The van der Waals surface area contributed by atoms with Crippen LogP contribution in [0.4, 0.5) is 5.82 Å². The lowest BCUT2D eigenvalue weighted by Gasteiger charge is -2.14. The maximum Gasteiger partial charge on any atom is 0.272 e. The van der Waals surface area contributed by atoms with Crippen molar-refractivity contribution in [2.45, 2.75) is 24.7 Å². The third-order valence-corrected chi connectivity index (χ3v) is 4.75. The number of H-pyrrole nitrogens is 1. The van der Waals surface area contributed by atoms with Gasteiger partial charge >= 0.3 is 0 Å². The zero-order valence-corrected chi connectivity index (χ0v) is 10.8. The van der Waals surface area contributed by atoms with Crippen molar-refractivity contribution in [3.05, 3.63) is 18.3 Å². The number of sulfonamides is 1. The molecule has 2 heterocycles. The first-order valence-corrected chi connectivity index (χ1v) is 7.34. The molecule has 17 heavy (non-hydrogen) atoms. The van der Waals surface area contributed by atoms with E-state index in [2.05, 4.69) is 10.3 Å². The third kappa shape index (κ3) is 2.58. The summed E-state index contributed by atoms with van der Waals surface area (Å²) in [5.41, 5.74) is 0. The molecular formula is C11H18N3O2S+. The van der Waals surface area contributed by atoms with Crippen LogP contribution in [0.1, 0.15) is 19.8 Å². The molecule has 2 rings (SSSR count). The normalized spacial score (nSPS) is 17.2. The second-order valence-electron chi connectivity index (χ2n) is 4.08. The van der Waals surface area contributed by atoms with Gasteiger partial charge in [-0.05, 0) is 25.8 Å². The molecule has 0 atom stereocenters. The Morgan fingerprint density at radius 2 is 2.06 bits per heavy atom. The third-order valence-electron chi connectivity index (χ3n) is 2.85. The summed E-state index contributed by atoms with van der Waals surface area (Å²) >= 11 is 0. The highest BCUT2D eigenvalue weighted by Crippen LogP contribution is 2.19. The summed E-state index contributed by atoms with van der Waals surface area (Å²) in [6.45, 7) is 4.06. The summed E-state index contributed by atoms with van der Waals surface area (Å²) in [6.07, 6.45) is 3.46. The van der Waals surface area contributed by atoms with Crippen LogP contribution >= 0.6 is 0 Å². The monoisotopic (exact) mass is 256 g/mol. The zero-order valence-electron chi connectivity index (χ0n) is 9.94. The van der Waals surface area contributed by atoms with E-state index >= 15 is 0 Å². The van der Waals surface area contributed by atoms with Crippen molar-refractivity contribution in [1.29, 1.82) is 0 Å². The molecule has 1 aliphatic heterocycles. The molecule has 0 radical (unpaired) electrons. The number of rotatable bonds is 4. The SMILES string of the molecule is CCNc1ccc(S(=O)(=O)N2CCCC2)c[nH+]1. The second-order valence-corrected chi connectivity index (χ2v) is 6.02. The molecule has 0 unspecified atom stereocenters. The quantitative estimate of drug-likeness (QED) is 0.863. The van der Waals surface area contributed by atoms with Crippen LogP contribution in [0.15, 0.2) is 23.2 Å². The number of nitrogens with one attached hydrogen (secondary N) is 2. The van der Waals surface area contributed by atoms with Crippen LogP contribution in [-0.2, 0) is 10.0 Å². The van der Waals surface area contributed by atoms with Crippen molar-refractivity contribution < 1.29 is 13.4 Å². The Morgan fingerprint density at radius 1 is 1.35 bits per heavy atom. The van der Waals surface area contributed by atoms with Crippen molar-refractivity contribution in [3.63, 3.8) is 0 Å². The van der Waals surface area contributed by atoms with Gasteiger partial charge in [0.25, 0.3) is 5.82 Å². The summed E-state index contributed by atoms with van der Waals surface area (Å²) in [4.78, 5) is 3.28. The molecule has 2 N–H and O–H groups in total. The largest absolute Gasteiger partial charge is 0.275 e. The van der Waals surface area contributed by atoms with Crippen LogP contribution in [0.5, 0.6) is 0 Å². The molecule has 0 saturated carbocycles. The van der Waals surface area contributed by atoms with Gasteiger partial charge in [0.05, 0.1) is 6.54 Å². The van der Waals surface area contributed by atoms with E-state index in [0.29, 0.717) is 18.0 Å². The summed E-state index contributed by atoms with van der Waals surface area (Å²) in [7, 11) is -3.30. The van der Waals surface area contributed by atoms with Gasteiger partial charge in [-0.2, -0.15) is 4.31 Å². The Bertz CT molecular complexity index is 464. The fraction of sp³-hybridized carbons (Fsp3) is 0.545. The molecule has 6 heteroatoms. The lowest BCUT2D eigenvalue weighted by molar-refractivity contribution is -0.364. The molecule has 94 valence electrons. The molecule has 1 saturated heterocycles. The standard InChI is InChI=1S/C11H17N3O2S/c1-2-12-11-6-5-10(9-13-11)17(15,16)14-7-3-4-8-14/h5-6,9H,2-4,7-8H2,1H3,(H,12,13)/p+1. The minimum Gasteiger partial charge on any atom is -0.275 e. The Morgan fingerprint density at radius 3 is 2.59 bits per heavy atom. The van der Waals surface area contributed by atoms with Gasteiger partial charge in [0.2, 0.25) is 10.0 Å². The van der Waals surface area contributed by atoms with Gasteiger partial charge in [0, 0.05) is 19.2 Å². The fourth-order valence-corrected chi connectivity index (χ4v) is 3.43. The molecule has 1 aromatic heterocycles. The lowest BCUT2D eigenvalue weighted by atomic mass is 10.4. The van der Waals surface area contributed by atoms with Crippen LogP contribution in [0.2, 0.25) is 0 Å². The highest BCUT2D eigenvalue weighted by molar-refractivity contribution is 7.89. The fourth-order valence-electron chi connectivity index (χ4n) is 1.95. The van der Waals surface area contributed by atoms with Crippen LogP contribution in [-0.4, -0.2) is 32.4 Å². The molecule has 0 spiro atoms. The smallest absolute Gasteiger partial charge is 0.272 e. The van der Waals surface area contributed by atoms with Crippen molar-refractivity contribution >= 4 is 15.8 Å². The predicted octanol–water partition coefficient (Wildman–Crippen LogP) is 0.717. The van der Waals surface area contributed by atoms with E-state index in [0.717, 1.165) is 25.2 Å². The molecule has 0 aliphatic carbocycles. The first kappa shape index (κ1) is 12.3. The van der Waals surface area contributed by atoms with E-state index in [1.807, 2.05) is 6.92 Å². The molecule has 1 aromatic rings. The summed E-state index contributed by atoms with van der Waals surface area (Å²) in [5.74, 6) is 0.827. The van der Waals surface area contributed by atoms with Crippen LogP contribution < -0.4 is 10.3 Å². The minimum absolute atomic E-state index is 0.334. The maximum atomic E-state index is 12.2. The molecule has 1 aliphatic rings. The van der Waals surface area contributed by atoms with Gasteiger partial charge in [-0.25, -0.2) is 13.4 Å². The van der Waals surface area contributed by atoms with E-state index in [9.17, 15) is 8.42 Å². The van der Waals surface area contributed by atoms with E-state index < -0.39 is 10.0 Å². The van der Waals surface area contributed by atoms with Gasteiger partial charge in [0.1, 0.15) is 11.1 Å². The maximum absolute atomic E-state index is 12.2. The van der Waals surface area contributed by atoms with Crippen LogP contribution in [0.25, 0.3) is 0 Å². The van der Waals surface area contributed by atoms with Crippen molar-refractivity contribution in [2.24, 2.45) is 0 Å². The minimum atomic E-state index is -3.30. The highest BCUT2D eigenvalue weighted by atomic mass is 32.2. The van der Waals surface area contributed by atoms with Gasteiger partial charge in [0.15, 0.2) is 0 Å². The van der Waals surface area contributed by atoms with E-state index in [-0.39, 0.29) is 0 Å². The summed E-state index contributed by atoms with van der Waals surface area (Å²) < 4.78 is 25.9. The Hall–Kier alpha value is -1.14. The molecule has 0 aromatic carbocycles. The number of hydrogen-bond acceptors (Lipinski definition) is 3. The second kappa shape index (κ2) is 5.01. The van der Waals surface area contributed by atoms with Crippen molar-refractivity contribution in [3.8, 4) is 0 Å². The Balaban J connectivity index is 2.21. The van der Waals surface area contributed by atoms with Gasteiger partial charge in [-0.1, -0.05) is 0 Å². The summed E-state index contributed by atoms with van der Waals surface area (Å²) in [5, 5.41) is 3.09. The Labute approximate surface area is 102 Å². The first-order valence-electron chi connectivity index (χ1n) is 5.90. The van der Waals surface area contributed by atoms with Crippen molar-refractivity contribution in [2.75, 3.05) is 25.0 Å². The Kier molecular flexibility index (Phi) is 3.63. The molecule has 0 amide bonds. The first-order chi connectivity index (χ1) is 8.14. The number of nitrogens with zero attached hydrogens (tertiary/aromatic N) is 1. The molecule has 5 nitrogen and oxygen atoms in total. The summed E-state index contributed by atoms with van der Waals surface area (Å²) in [6, 6.07) is 3.40.